The fourth-order valence-electron chi connectivity index (χ4n) is 4.72. The van der Waals surface area contributed by atoms with Crippen LogP contribution in [0.1, 0.15) is 28.6 Å². The summed E-state index contributed by atoms with van der Waals surface area (Å²) >= 11 is 0. The van der Waals surface area contributed by atoms with Gasteiger partial charge in [-0.05, 0) is 54.3 Å². The molecule has 0 saturated carbocycles. The van der Waals surface area contributed by atoms with E-state index in [-0.39, 0.29) is 29.1 Å². The molecule has 1 amide bonds. The van der Waals surface area contributed by atoms with Crippen LogP contribution in [0.15, 0.2) is 64.0 Å². The van der Waals surface area contributed by atoms with Gasteiger partial charge in [0.25, 0.3) is 11.5 Å². The number of carbonyl (C=O) groups is 1. The molecule has 3 aromatic rings. The minimum atomic E-state index is -4.77. The van der Waals surface area contributed by atoms with E-state index in [4.69, 9.17) is 4.42 Å². The number of halogens is 3. The van der Waals surface area contributed by atoms with Crippen LogP contribution in [0.4, 0.5) is 13.2 Å². The van der Waals surface area contributed by atoms with Crippen LogP contribution in [0.2, 0.25) is 0 Å². The topological polar surface area (TPSA) is 64.7 Å². The summed E-state index contributed by atoms with van der Waals surface area (Å²) in [5.41, 5.74) is 1.61. The van der Waals surface area contributed by atoms with Crippen LogP contribution in [0, 0.1) is 5.92 Å². The number of aromatic nitrogens is 1. The van der Waals surface area contributed by atoms with Gasteiger partial charge in [-0.2, -0.15) is 0 Å². The van der Waals surface area contributed by atoms with E-state index < -0.39 is 6.36 Å². The van der Waals surface area contributed by atoms with Gasteiger partial charge in [-0.3, -0.25) is 9.59 Å². The normalized spacial score (nSPS) is 20.0. The number of fused-ring (bicyclic) bond motifs is 4. The van der Waals surface area contributed by atoms with Gasteiger partial charge in [-0.1, -0.05) is 12.1 Å². The first kappa shape index (κ1) is 20.4. The number of benzene rings is 1. The first-order chi connectivity index (χ1) is 15.3. The fourth-order valence-corrected chi connectivity index (χ4v) is 4.72. The molecule has 0 N–H and O–H groups in total. The monoisotopic (exact) mass is 444 g/mol. The Morgan fingerprint density at radius 1 is 1.03 bits per heavy atom. The maximum absolute atomic E-state index is 13.2. The molecule has 2 atom stereocenters. The number of pyridine rings is 1. The molecule has 5 rings (SSSR count). The first-order valence-electron chi connectivity index (χ1n) is 10.2. The molecule has 9 heteroatoms. The summed E-state index contributed by atoms with van der Waals surface area (Å²) in [7, 11) is 0. The number of ether oxygens (including phenoxy) is 1. The molecule has 0 unspecified atom stereocenters. The second-order valence-electron chi connectivity index (χ2n) is 8.15. The third-order valence-electron chi connectivity index (χ3n) is 6.02. The van der Waals surface area contributed by atoms with Crippen molar-refractivity contribution >= 4 is 5.91 Å². The zero-order chi connectivity index (χ0) is 22.5. The molecule has 0 spiro atoms. The second kappa shape index (κ2) is 7.58. The molecule has 2 aromatic heterocycles. The molecule has 2 aliphatic heterocycles. The largest absolute Gasteiger partial charge is 0.573 e. The van der Waals surface area contributed by atoms with Crippen molar-refractivity contribution in [3.05, 3.63) is 76.6 Å². The van der Waals surface area contributed by atoms with Gasteiger partial charge in [0.05, 0.1) is 6.26 Å². The summed E-state index contributed by atoms with van der Waals surface area (Å²) in [6.07, 6.45) is -2.41. The lowest BCUT2D eigenvalue weighted by Gasteiger charge is -2.42. The number of hydrogen-bond acceptors (Lipinski definition) is 4. The van der Waals surface area contributed by atoms with E-state index in [1.807, 2.05) is 6.07 Å². The smallest absolute Gasteiger partial charge is 0.459 e. The van der Waals surface area contributed by atoms with Crippen molar-refractivity contribution in [2.75, 3.05) is 13.1 Å². The Labute approximate surface area is 180 Å². The molecule has 1 aromatic carbocycles. The van der Waals surface area contributed by atoms with Crippen LogP contribution < -0.4 is 10.3 Å². The third-order valence-corrected chi connectivity index (χ3v) is 6.02. The number of likely N-dealkylation sites (tertiary alicyclic amines) is 1. The number of hydrogen-bond donors (Lipinski definition) is 0. The van der Waals surface area contributed by atoms with Crippen LogP contribution in [0.5, 0.6) is 5.75 Å². The number of carbonyl (C=O) groups excluding carboxylic acids is 1. The quantitative estimate of drug-likeness (QED) is 0.606. The van der Waals surface area contributed by atoms with Gasteiger partial charge < -0.3 is 18.6 Å². The van der Waals surface area contributed by atoms with E-state index in [0.29, 0.717) is 36.5 Å². The predicted octanol–water partition coefficient (Wildman–Crippen LogP) is 4.27. The summed E-state index contributed by atoms with van der Waals surface area (Å²) in [5, 5.41) is 0. The van der Waals surface area contributed by atoms with E-state index in [1.54, 1.807) is 27.7 Å². The van der Waals surface area contributed by atoms with Crippen molar-refractivity contribution in [1.82, 2.24) is 9.47 Å². The number of alkyl halides is 3. The van der Waals surface area contributed by atoms with Crippen LogP contribution in [-0.4, -0.2) is 34.8 Å². The summed E-state index contributed by atoms with van der Waals surface area (Å²) in [6, 6.07) is 12.2. The lowest BCUT2D eigenvalue weighted by atomic mass is 9.82. The summed E-state index contributed by atoms with van der Waals surface area (Å²) in [4.78, 5) is 27.7. The third kappa shape index (κ3) is 3.79. The maximum atomic E-state index is 13.2. The van der Waals surface area contributed by atoms with E-state index in [1.165, 1.54) is 30.5 Å². The van der Waals surface area contributed by atoms with Crippen LogP contribution in [0.25, 0.3) is 11.1 Å². The molecule has 0 radical (unpaired) electrons. The maximum Gasteiger partial charge on any atom is 0.573 e. The molecular formula is C23H19F3N2O4. The van der Waals surface area contributed by atoms with Gasteiger partial charge in [0.1, 0.15) is 5.75 Å². The van der Waals surface area contributed by atoms with Gasteiger partial charge >= 0.3 is 6.36 Å². The van der Waals surface area contributed by atoms with Gasteiger partial charge in [0.2, 0.25) is 0 Å². The Morgan fingerprint density at radius 3 is 2.50 bits per heavy atom. The number of nitrogens with zero attached hydrogens (tertiary/aromatic N) is 2. The van der Waals surface area contributed by atoms with Crippen LogP contribution >= 0.6 is 0 Å². The SMILES string of the molecule is O=C(c1ccco1)N1C[C@@H]2C[C@H](C1)c1ccc(-c3ccc(OC(F)(F)F)cc3)c(=O)n1C2. The molecule has 2 aliphatic rings. The average Bonchev–Trinajstić information content (AvgIpc) is 3.28. The summed E-state index contributed by atoms with van der Waals surface area (Å²) < 4.78 is 48.0. The average molecular weight is 444 g/mol. The number of piperidine rings is 1. The lowest BCUT2D eigenvalue weighted by Crippen LogP contribution is -2.49. The van der Waals surface area contributed by atoms with Crippen molar-refractivity contribution in [3.8, 4) is 16.9 Å². The molecule has 32 heavy (non-hydrogen) atoms. The zero-order valence-electron chi connectivity index (χ0n) is 16.8. The fraction of sp³-hybridized carbons (Fsp3) is 0.304. The summed E-state index contributed by atoms with van der Waals surface area (Å²) in [5.74, 6) is -0.0227. The predicted molar refractivity (Wildman–Crippen MR) is 108 cm³/mol. The highest BCUT2D eigenvalue weighted by Gasteiger charge is 2.37. The molecule has 6 nitrogen and oxygen atoms in total. The molecule has 2 bridgehead atoms. The molecule has 1 saturated heterocycles. The van der Waals surface area contributed by atoms with Crippen molar-refractivity contribution in [2.45, 2.75) is 25.2 Å². The highest BCUT2D eigenvalue weighted by molar-refractivity contribution is 5.91. The molecule has 4 heterocycles. The van der Waals surface area contributed by atoms with Gasteiger partial charge in [-0.25, -0.2) is 0 Å². The molecule has 1 fully saturated rings. The van der Waals surface area contributed by atoms with Crippen molar-refractivity contribution in [2.24, 2.45) is 5.92 Å². The highest BCUT2D eigenvalue weighted by atomic mass is 19.4. The minimum Gasteiger partial charge on any atom is -0.459 e. The lowest BCUT2D eigenvalue weighted by molar-refractivity contribution is -0.274. The number of amides is 1. The van der Waals surface area contributed by atoms with Crippen molar-refractivity contribution < 1.29 is 27.1 Å². The van der Waals surface area contributed by atoms with Crippen molar-refractivity contribution in [1.29, 1.82) is 0 Å². The van der Waals surface area contributed by atoms with Crippen LogP contribution in [-0.2, 0) is 6.54 Å². The minimum absolute atomic E-state index is 0.0331. The standard InChI is InChI=1S/C23H19F3N2O4/c24-23(25,26)32-17-5-3-15(4-6-17)18-7-8-19-16-10-14(12-28(19)21(18)29)11-27(13-16)22(30)20-2-1-9-31-20/h1-9,14,16H,10-13H2/t14-,16+/m0/s1. The van der Waals surface area contributed by atoms with Gasteiger partial charge in [0, 0.05) is 36.8 Å². The van der Waals surface area contributed by atoms with E-state index >= 15 is 0 Å². The Bertz CT molecular complexity index is 1200. The Balaban J connectivity index is 1.41. The van der Waals surface area contributed by atoms with Gasteiger partial charge in [0.15, 0.2) is 5.76 Å². The first-order valence-corrected chi connectivity index (χ1v) is 10.2. The molecule has 0 aliphatic carbocycles. The van der Waals surface area contributed by atoms with E-state index in [9.17, 15) is 22.8 Å². The van der Waals surface area contributed by atoms with Crippen LogP contribution in [0.3, 0.4) is 0 Å². The highest BCUT2D eigenvalue weighted by Crippen LogP contribution is 2.36. The van der Waals surface area contributed by atoms with E-state index in [0.717, 1.165) is 12.1 Å². The zero-order valence-corrected chi connectivity index (χ0v) is 16.8. The molecular weight excluding hydrogens is 425 g/mol. The second-order valence-corrected chi connectivity index (χ2v) is 8.15. The summed E-state index contributed by atoms with van der Waals surface area (Å²) in [6.45, 7) is 1.52. The number of furan rings is 1. The Hall–Kier alpha value is -3.49. The van der Waals surface area contributed by atoms with Crippen molar-refractivity contribution in [3.63, 3.8) is 0 Å². The number of rotatable bonds is 3. The Morgan fingerprint density at radius 2 is 1.81 bits per heavy atom. The molecule has 166 valence electrons. The van der Waals surface area contributed by atoms with E-state index in [2.05, 4.69) is 4.74 Å². The Kier molecular flexibility index (Phi) is 4.83. The van der Waals surface area contributed by atoms with Gasteiger partial charge in [-0.15, -0.1) is 13.2 Å².